The zero-order chi connectivity index (χ0) is 13.8. The molecule has 0 aliphatic heterocycles. The van der Waals surface area contributed by atoms with E-state index in [9.17, 15) is 8.78 Å². The van der Waals surface area contributed by atoms with Gasteiger partial charge in [-0.15, -0.1) is 0 Å². The van der Waals surface area contributed by atoms with E-state index in [1.165, 1.54) is 18.9 Å². The summed E-state index contributed by atoms with van der Waals surface area (Å²) in [4.78, 5) is 2.34. The van der Waals surface area contributed by atoms with Crippen molar-refractivity contribution in [3.05, 3.63) is 35.4 Å². The second-order valence-corrected chi connectivity index (χ2v) is 5.07. The van der Waals surface area contributed by atoms with Crippen molar-refractivity contribution in [2.45, 2.75) is 38.8 Å². The Morgan fingerprint density at radius 1 is 1.32 bits per heavy atom. The van der Waals surface area contributed by atoms with Crippen molar-refractivity contribution in [2.24, 2.45) is 0 Å². The van der Waals surface area contributed by atoms with Gasteiger partial charge in [-0.05, 0) is 32.0 Å². The topological polar surface area (TPSA) is 15.3 Å². The fourth-order valence-corrected chi connectivity index (χ4v) is 2.52. The molecule has 0 bridgehead atoms. The van der Waals surface area contributed by atoms with Crippen molar-refractivity contribution in [3.8, 4) is 0 Å². The van der Waals surface area contributed by atoms with Crippen molar-refractivity contribution in [2.75, 3.05) is 19.6 Å². The molecule has 2 nitrogen and oxygen atoms in total. The normalized spacial score (nSPS) is 16.9. The summed E-state index contributed by atoms with van der Waals surface area (Å²) >= 11 is 0. The van der Waals surface area contributed by atoms with Gasteiger partial charge in [0.2, 0.25) is 0 Å². The van der Waals surface area contributed by atoms with Crippen LogP contribution in [0.4, 0.5) is 8.78 Å². The number of benzene rings is 1. The van der Waals surface area contributed by atoms with Crippen LogP contribution in [0.1, 0.15) is 38.3 Å². The summed E-state index contributed by atoms with van der Waals surface area (Å²) in [6.45, 7) is 6.52. The van der Waals surface area contributed by atoms with Crippen LogP contribution in [0.3, 0.4) is 0 Å². The van der Waals surface area contributed by atoms with E-state index in [1.807, 2.05) is 6.92 Å². The summed E-state index contributed by atoms with van der Waals surface area (Å²) < 4.78 is 27.3. The molecule has 1 aliphatic rings. The number of halogens is 2. The molecule has 1 aromatic rings. The first-order valence-electron chi connectivity index (χ1n) is 7.08. The molecule has 1 atom stereocenters. The molecule has 0 heterocycles. The highest BCUT2D eigenvalue weighted by Crippen LogP contribution is 2.29. The molecule has 1 aromatic carbocycles. The van der Waals surface area contributed by atoms with Crippen LogP contribution >= 0.6 is 0 Å². The van der Waals surface area contributed by atoms with Crippen LogP contribution in [0.5, 0.6) is 0 Å². The molecule has 19 heavy (non-hydrogen) atoms. The van der Waals surface area contributed by atoms with Gasteiger partial charge >= 0.3 is 0 Å². The van der Waals surface area contributed by atoms with Crippen LogP contribution in [0.25, 0.3) is 0 Å². The Kier molecular flexibility index (Phi) is 4.88. The molecule has 2 rings (SSSR count). The van der Waals surface area contributed by atoms with Gasteiger partial charge in [-0.3, -0.25) is 4.90 Å². The Labute approximate surface area is 113 Å². The van der Waals surface area contributed by atoms with Gasteiger partial charge in [-0.1, -0.05) is 26.0 Å². The first-order valence-corrected chi connectivity index (χ1v) is 7.08. The number of hydrogen-bond acceptors (Lipinski definition) is 2. The van der Waals surface area contributed by atoms with Crippen LogP contribution in [-0.4, -0.2) is 30.6 Å². The van der Waals surface area contributed by atoms with Gasteiger partial charge in [-0.25, -0.2) is 8.78 Å². The maximum Gasteiger partial charge on any atom is 0.163 e. The molecule has 1 unspecified atom stereocenters. The van der Waals surface area contributed by atoms with E-state index in [1.54, 1.807) is 12.1 Å². The summed E-state index contributed by atoms with van der Waals surface area (Å²) in [7, 11) is 0. The monoisotopic (exact) mass is 268 g/mol. The van der Waals surface area contributed by atoms with Crippen LogP contribution in [-0.2, 0) is 0 Å². The molecule has 0 radical (unpaired) electrons. The van der Waals surface area contributed by atoms with E-state index in [-0.39, 0.29) is 6.04 Å². The van der Waals surface area contributed by atoms with Gasteiger partial charge in [0.05, 0.1) is 0 Å². The lowest BCUT2D eigenvalue weighted by atomic mass is 10.0. The number of nitrogens with one attached hydrogen (secondary N) is 1. The predicted octanol–water partition coefficient (Wildman–Crippen LogP) is 3.10. The van der Waals surface area contributed by atoms with Crippen LogP contribution in [0.15, 0.2) is 18.2 Å². The number of hydrogen-bond donors (Lipinski definition) is 1. The van der Waals surface area contributed by atoms with E-state index < -0.39 is 11.6 Å². The van der Waals surface area contributed by atoms with Gasteiger partial charge < -0.3 is 5.32 Å². The summed E-state index contributed by atoms with van der Waals surface area (Å²) in [5.74, 6) is -1.49. The van der Waals surface area contributed by atoms with Crippen molar-refractivity contribution in [1.29, 1.82) is 0 Å². The smallest absolute Gasteiger partial charge is 0.163 e. The molecule has 106 valence electrons. The van der Waals surface area contributed by atoms with E-state index in [4.69, 9.17) is 0 Å². The highest BCUT2D eigenvalue weighted by atomic mass is 19.2. The molecule has 1 saturated carbocycles. The van der Waals surface area contributed by atoms with Gasteiger partial charge in [0.15, 0.2) is 11.6 Å². The second kappa shape index (κ2) is 6.44. The molecule has 1 N–H and O–H groups in total. The van der Waals surface area contributed by atoms with Crippen molar-refractivity contribution >= 4 is 0 Å². The van der Waals surface area contributed by atoms with E-state index in [0.29, 0.717) is 11.6 Å². The third kappa shape index (κ3) is 3.51. The molecule has 4 heteroatoms. The van der Waals surface area contributed by atoms with Crippen LogP contribution < -0.4 is 5.32 Å². The first-order chi connectivity index (χ1) is 9.17. The third-order valence-corrected chi connectivity index (χ3v) is 3.69. The third-order valence-electron chi connectivity index (χ3n) is 3.69. The number of nitrogens with zero attached hydrogens (tertiary/aromatic N) is 1. The Morgan fingerprint density at radius 2 is 2.05 bits per heavy atom. The maximum absolute atomic E-state index is 13.9. The lowest BCUT2D eigenvalue weighted by Crippen LogP contribution is -2.37. The zero-order valence-corrected chi connectivity index (χ0v) is 11.6. The van der Waals surface area contributed by atoms with E-state index in [0.717, 1.165) is 19.6 Å². The van der Waals surface area contributed by atoms with E-state index in [2.05, 4.69) is 17.1 Å². The quantitative estimate of drug-likeness (QED) is 0.817. The minimum absolute atomic E-state index is 0.152. The average molecular weight is 268 g/mol. The number of rotatable bonds is 7. The van der Waals surface area contributed by atoms with Gasteiger partial charge in [0, 0.05) is 24.2 Å². The molecule has 1 aliphatic carbocycles. The SMILES string of the molecule is CCNC(CN(CC)C1CC1)c1cccc(F)c1F. The van der Waals surface area contributed by atoms with Crippen molar-refractivity contribution < 1.29 is 8.78 Å². The Morgan fingerprint density at radius 3 is 2.63 bits per heavy atom. The Balaban J connectivity index is 2.16. The lowest BCUT2D eigenvalue weighted by Gasteiger charge is -2.27. The fourth-order valence-electron chi connectivity index (χ4n) is 2.52. The molecular formula is C15H22F2N2. The van der Waals surface area contributed by atoms with Crippen molar-refractivity contribution in [1.82, 2.24) is 10.2 Å². The highest BCUT2D eigenvalue weighted by Gasteiger charge is 2.30. The lowest BCUT2D eigenvalue weighted by molar-refractivity contribution is 0.242. The minimum Gasteiger partial charge on any atom is -0.309 e. The molecule has 0 amide bonds. The first kappa shape index (κ1) is 14.4. The van der Waals surface area contributed by atoms with Crippen LogP contribution in [0.2, 0.25) is 0 Å². The highest BCUT2D eigenvalue weighted by molar-refractivity contribution is 5.23. The summed E-state index contributed by atoms with van der Waals surface area (Å²) in [6.07, 6.45) is 2.44. The number of likely N-dealkylation sites (N-methyl/N-ethyl adjacent to an activating group) is 2. The second-order valence-electron chi connectivity index (χ2n) is 5.07. The molecule has 0 spiro atoms. The minimum atomic E-state index is -0.769. The fraction of sp³-hybridized carbons (Fsp3) is 0.600. The molecule has 0 saturated heterocycles. The van der Waals surface area contributed by atoms with Crippen LogP contribution in [0, 0.1) is 11.6 Å². The predicted molar refractivity (Wildman–Crippen MR) is 73.0 cm³/mol. The molecule has 0 aromatic heterocycles. The molecular weight excluding hydrogens is 246 g/mol. The zero-order valence-electron chi connectivity index (χ0n) is 11.6. The van der Waals surface area contributed by atoms with Gasteiger partial charge in [0.1, 0.15) is 0 Å². The average Bonchev–Trinajstić information content (AvgIpc) is 3.22. The summed E-state index contributed by atoms with van der Waals surface area (Å²) in [5, 5.41) is 3.27. The molecule has 1 fully saturated rings. The Bertz CT molecular complexity index is 419. The van der Waals surface area contributed by atoms with E-state index >= 15 is 0 Å². The largest absolute Gasteiger partial charge is 0.309 e. The standard InChI is InChI=1S/C15H22F2N2/c1-3-18-14(10-19(4-2)11-8-9-11)12-6-5-7-13(16)15(12)17/h5-7,11,14,18H,3-4,8-10H2,1-2H3. The van der Waals surface area contributed by atoms with Crippen molar-refractivity contribution in [3.63, 3.8) is 0 Å². The maximum atomic E-state index is 13.9. The van der Waals surface area contributed by atoms with Gasteiger partial charge in [0.25, 0.3) is 0 Å². The Hall–Kier alpha value is -1.00. The van der Waals surface area contributed by atoms with Gasteiger partial charge in [-0.2, -0.15) is 0 Å². The summed E-state index contributed by atoms with van der Waals surface area (Å²) in [5.41, 5.74) is 0.431. The summed E-state index contributed by atoms with van der Waals surface area (Å²) in [6, 6.07) is 4.89.